The summed E-state index contributed by atoms with van der Waals surface area (Å²) >= 11 is 1.43. The Kier molecular flexibility index (Phi) is 5.88. The lowest BCUT2D eigenvalue weighted by Gasteiger charge is -2.25. The number of likely N-dealkylation sites (N-methyl/N-ethyl adjacent to an activating group) is 1. The summed E-state index contributed by atoms with van der Waals surface area (Å²) in [6, 6.07) is 3.38. The van der Waals surface area contributed by atoms with E-state index in [2.05, 4.69) is 9.88 Å². The first-order chi connectivity index (χ1) is 12.5. The van der Waals surface area contributed by atoms with Gasteiger partial charge in [-0.2, -0.15) is 0 Å². The molecule has 1 aromatic heterocycles. The van der Waals surface area contributed by atoms with E-state index in [1.54, 1.807) is 6.07 Å². The van der Waals surface area contributed by atoms with Crippen LogP contribution in [0.3, 0.4) is 0 Å². The van der Waals surface area contributed by atoms with E-state index >= 15 is 0 Å². The van der Waals surface area contributed by atoms with Crippen LogP contribution in [-0.2, 0) is 25.8 Å². The molecule has 0 aliphatic carbocycles. The summed E-state index contributed by atoms with van der Waals surface area (Å²) in [5.41, 5.74) is 2.30. The van der Waals surface area contributed by atoms with Crippen LogP contribution in [0.4, 0.5) is 4.39 Å². The van der Waals surface area contributed by atoms with Crippen molar-refractivity contribution in [3.05, 3.63) is 44.7 Å². The van der Waals surface area contributed by atoms with E-state index in [9.17, 15) is 14.3 Å². The predicted octanol–water partition coefficient (Wildman–Crippen LogP) is 3.54. The molecule has 0 unspecified atom stereocenters. The summed E-state index contributed by atoms with van der Waals surface area (Å²) in [6.45, 7) is 4.01. The van der Waals surface area contributed by atoms with Crippen molar-refractivity contribution >= 4 is 17.3 Å². The zero-order chi connectivity index (χ0) is 18.7. The molecule has 3 rings (SSSR count). The van der Waals surface area contributed by atoms with E-state index in [1.165, 1.54) is 11.3 Å². The van der Waals surface area contributed by atoms with E-state index in [0.717, 1.165) is 46.9 Å². The Balaban J connectivity index is 1.59. The maximum absolute atomic E-state index is 14.2. The van der Waals surface area contributed by atoms with Crippen molar-refractivity contribution < 1.29 is 19.0 Å². The lowest BCUT2D eigenvalue weighted by Crippen LogP contribution is -2.26. The van der Waals surface area contributed by atoms with E-state index in [4.69, 9.17) is 4.74 Å². The minimum atomic E-state index is -0.998. The number of benzene rings is 1. The molecule has 26 heavy (non-hydrogen) atoms. The standard InChI is InChI=1S/C19H23FN2O3S/c1-3-17-21-18(19(23)24)16(26-17)5-4-8-25-15-10-12-6-7-22(2)11-13(12)9-14(15)20/h9-10H,3-8,11H2,1-2H3,(H,23,24). The van der Waals surface area contributed by atoms with Crippen LogP contribution in [0.1, 0.15) is 44.8 Å². The van der Waals surface area contributed by atoms with Gasteiger partial charge in [-0.1, -0.05) is 6.92 Å². The Bertz CT molecular complexity index is 806. The van der Waals surface area contributed by atoms with Crippen molar-refractivity contribution in [3.63, 3.8) is 0 Å². The van der Waals surface area contributed by atoms with E-state index in [-0.39, 0.29) is 17.3 Å². The average Bonchev–Trinajstić information content (AvgIpc) is 3.02. The number of carboxylic acids is 1. The Morgan fingerprint density at radius 2 is 2.23 bits per heavy atom. The fraction of sp³-hybridized carbons (Fsp3) is 0.474. The Hall–Kier alpha value is -1.99. The molecule has 1 aromatic carbocycles. The van der Waals surface area contributed by atoms with Crippen molar-refractivity contribution in [1.29, 1.82) is 0 Å². The average molecular weight is 378 g/mol. The van der Waals surface area contributed by atoms with Crippen molar-refractivity contribution in [2.45, 2.75) is 39.2 Å². The summed E-state index contributed by atoms with van der Waals surface area (Å²) in [6.07, 6.45) is 2.80. The zero-order valence-corrected chi connectivity index (χ0v) is 15.9. The van der Waals surface area contributed by atoms with Gasteiger partial charge < -0.3 is 14.7 Å². The van der Waals surface area contributed by atoms with Gasteiger partial charge in [0, 0.05) is 18.0 Å². The van der Waals surface area contributed by atoms with E-state index in [1.807, 2.05) is 20.0 Å². The molecule has 0 saturated heterocycles. The van der Waals surface area contributed by atoms with Crippen LogP contribution in [-0.4, -0.2) is 41.2 Å². The zero-order valence-electron chi connectivity index (χ0n) is 15.0. The number of carbonyl (C=O) groups is 1. The second kappa shape index (κ2) is 8.14. The van der Waals surface area contributed by atoms with Crippen molar-refractivity contribution in [3.8, 4) is 5.75 Å². The normalized spacial score (nSPS) is 14.3. The van der Waals surface area contributed by atoms with Gasteiger partial charge in [-0.25, -0.2) is 14.2 Å². The maximum atomic E-state index is 14.2. The second-order valence-corrected chi connectivity index (χ2v) is 7.70. The minimum absolute atomic E-state index is 0.135. The van der Waals surface area contributed by atoms with Gasteiger partial charge in [-0.05, 0) is 56.0 Å². The highest BCUT2D eigenvalue weighted by atomic mass is 32.1. The summed E-state index contributed by atoms with van der Waals surface area (Å²) in [7, 11) is 2.03. The van der Waals surface area contributed by atoms with Crippen LogP contribution >= 0.6 is 11.3 Å². The molecule has 0 spiro atoms. The van der Waals surface area contributed by atoms with Gasteiger partial charge in [0.25, 0.3) is 0 Å². The highest BCUT2D eigenvalue weighted by Crippen LogP contribution is 2.27. The lowest BCUT2D eigenvalue weighted by atomic mass is 9.99. The molecular weight excluding hydrogens is 355 g/mol. The first-order valence-electron chi connectivity index (χ1n) is 8.82. The van der Waals surface area contributed by atoms with Gasteiger partial charge in [-0.15, -0.1) is 11.3 Å². The molecule has 1 N–H and O–H groups in total. The fourth-order valence-corrected chi connectivity index (χ4v) is 4.15. The minimum Gasteiger partial charge on any atom is -0.490 e. The van der Waals surface area contributed by atoms with Crippen LogP contribution < -0.4 is 4.74 Å². The van der Waals surface area contributed by atoms with Gasteiger partial charge in [0.1, 0.15) is 0 Å². The number of aromatic carboxylic acids is 1. The third-order valence-corrected chi connectivity index (χ3v) is 5.77. The number of carboxylic acid groups (broad SMARTS) is 1. The first kappa shape index (κ1) is 18.8. The predicted molar refractivity (Wildman–Crippen MR) is 98.7 cm³/mol. The first-order valence-corrected chi connectivity index (χ1v) is 9.64. The fourth-order valence-electron chi connectivity index (χ4n) is 3.11. The maximum Gasteiger partial charge on any atom is 0.355 e. The number of thiazole rings is 1. The largest absolute Gasteiger partial charge is 0.490 e. The number of nitrogens with zero attached hydrogens (tertiary/aromatic N) is 2. The number of fused-ring (bicyclic) bond motifs is 1. The van der Waals surface area contributed by atoms with E-state index < -0.39 is 5.97 Å². The lowest BCUT2D eigenvalue weighted by molar-refractivity contribution is 0.0690. The van der Waals surface area contributed by atoms with Crippen LogP contribution in [0, 0.1) is 5.82 Å². The van der Waals surface area contributed by atoms with Crippen LogP contribution in [0.5, 0.6) is 5.75 Å². The number of hydrogen-bond donors (Lipinski definition) is 1. The second-order valence-electron chi connectivity index (χ2n) is 6.53. The van der Waals surface area contributed by atoms with Gasteiger partial charge in [0.2, 0.25) is 0 Å². The van der Waals surface area contributed by atoms with E-state index in [0.29, 0.717) is 19.4 Å². The molecule has 0 radical (unpaired) electrons. The highest BCUT2D eigenvalue weighted by molar-refractivity contribution is 7.11. The third-order valence-electron chi connectivity index (χ3n) is 4.51. The number of halogens is 1. The topological polar surface area (TPSA) is 62.7 Å². The third kappa shape index (κ3) is 4.22. The highest BCUT2D eigenvalue weighted by Gasteiger charge is 2.18. The molecule has 0 bridgehead atoms. The molecule has 0 amide bonds. The van der Waals surface area contributed by atoms with Crippen molar-refractivity contribution in [2.24, 2.45) is 0 Å². The summed E-state index contributed by atoms with van der Waals surface area (Å²) in [5, 5.41) is 10.1. The molecular formula is C19H23FN2O3S. The van der Waals surface area contributed by atoms with Crippen LogP contribution in [0.25, 0.3) is 0 Å². The smallest absolute Gasteiger partial charge is 0.355 e. The monoisotopic (exact) mass is 378 g/mol. The van der Waals surface area contributed by atoms with Crippen LogP contribution in [0.15, 0.2) is 12.1 Å². The number of hydrogen-bond acceptors (Lipinski definition) is 5. The molecule has 140 valence electrons. The number of aryl methyl sites for hydroxylation is 2. The van der Waals surface area contributed by atoms with Gasteiger partial charge in [-0.3, -0.25) is 0 Å². The van der Waals surface area contributed by atoms with Crippen LogP contribution in [0.2, 0.25) is 0 Å². The Morgan fingerprint density at radius 1 is 1.42 bits per heavy atom. The quantitative estimate of drug-likeness (QED) is 0.747. The number of rotatable bonds is 7. The van der Waals surface area contributed by atoms with Gasteiger partial charge >= 0.3 is 5.97 Å². The SMILES string of the molecule is CCc1nc(C(=O)O)c(CCCOc2cc3c(cc2F)CN(C)CC3)s1. The molecule has 1 aliphatic heterocycles. The Labute approximate surface area is 156 Å². The van der Waals surface area contributed by atoms with Gasteiger partial charge in [0.05, 0.1) is 11.6 Å². The molecule has 7 heteroatoms. The van der Waals surface area contributed by atoms with Crippen molar-refractivity contribution in [2.75, 3.05) is 20.2 Å². The summed E-state index contributed by atoms with van der Waals surface area (Å²) in [4.78, 5) is 18.3. The molecule has 5 nitrogen and oxygen atoms in total. The van der Waals surface area contributed by atoms with Crippen molar-refractivity contribution in [1.82, 2.24) is 9.88 Å². The summed E-state index contributed by atoms with van der Waals surface area (Å²) < 4.78 is 19.9. The molecule has 2 aromatic rings. The number of ether oxygens (including phenoxy) is 1. The molecule has 1 aliphatic rings. The molecule has 2 heterocycles. The van der Waals surface area contributed by atoms with Gasteiger partial charge in [0.15, 0.2) is 17.3 Å². The number of aromatic nitrogens is 1. The summed E-state index contributed by atoms with van der Waals surface area (Å²) in [5.74, 6) is -1.05. The molecule has 0 atom stereocenters. The molecule has 0 fully saturated rings. The molecule has 0 saturated carbocycles. The Morgan fingerprint density at radius 3 is 2.96 bits per heavy atom.